The number of hydrogen-bond donors (Lipinski definition) is 1. The molecule has 2 aromatic rings. The lowest BCUT2D eigenvalue weighted by molar-refractivity contribution is 0.570. The Labute approximate surface area is 111 Å². The average molecular weight is 255 g/mol. The monoisotopic (exact) mass is 255 g/mol. The highest BCUT2D eigenvalue weighted by molar-refractivity contribution is 5.80. The molecule has 0 spiro atoms. The van der Waals surface area contributed by atoms with Crippen molar-refractivity contribution in [1.82, 2.24) is 4.98 Å². The molecule has 0 aliphatic rings. The van der Waals surface area contributed by atoms with Crippen LogP contribution < -0.4 is 10.3 Å². The minimum atomic E-state index is 0.181. The predicted molar refractivity (Wildman–Crippen MR) is 73.2 cm³/mol. The van der Waals surface area contributed by atoms with Crippen molar-refractivity contribution < 1.29 is 4.42 Å². The van der Waals surface area contributed by atoms with Gasteiger partial charge in [0.15, 0.2) is 6.39 Å². The third-order valence-corrected chi connectivity index (χ3v) is 2.46. The first-order valence-electron chi connectivity index (χ1n) is 5.61. The van der Waals surface area contributed by atoms with Crippen LogP contribution in [0.2, 0.25) is 0 Å². The lowest BCUT2D eigenvalue weighted by atomic mass is 10.2. The van der Waals surface area contributed by atoms with Crippen LogP contribution in [0.3, 0.4) is 0 Å². The highest BCUT2D eigenvalue weighted by atomic mass is 16.4. The average Bonchev–Trinajstić information content (AvgIpc) is 2.87. The molecule has 0 saturated carbocycles. The van der Waals surface area contributed by atoms with Gasteiger partial charge in [-0.3, -0.25) is 0 Å². The summed E-state index contributed by atoms with van der Waals surface area (Å²) in [5.41, 5.74) is 4.88. The molecule has 0 atom stereocenters. The Morgan fingerprint density at radius 3 is 2.74 bits per heavy atom. The second-order valence-corrected chi connectivity index (χ2v) is 4.00. The van der Waals surface area contributed by atoms with E-state index in [2.05, 4.69) is 15.5 Å². The van der Waals surface area contributed by atoms with Gasteiger partial charge in [0.1, 0.15) is 6.07 Å². The first kappa shape index (κ1) is 12.6. The van der Waals surface area contributed by atoms with Gasteiger partial charge in [-0.05, 0) is 17.7 Å². The molecule has 1 aromatic carbocycles. The highest BCUT2D eigenvalue weighted by Crippen LogP contribution is 2.13. The van der Waals surface area contributed by atoms with E-state index in [1.807, 2.05) is 49.3 Å². The smallest absolute Gasteiger partial charge is 0.251 e. The minimum absolute atomic E-state index is 0.181. The van der Waals surface area contributed by atoms with E-state index in [4.69, 9.17) is 9.68 Å². The maximum Gasteiger partial charge on any atom is 0.251 e. The fourth-order valence-electron chi connectivity index (χ4n) is 1.43. The lowest BCUT2D eigenvalue weighted by Crippen LogP contribution is -2.08. The summed E-state index contributed by atoms with van der Waals surface area (Å²) >= 11 is 0. The summed E-state index contributed by atoms with van der Waals surface area (Å²) in [6.07, 6.45) is 2.84. The van der Waals surface area contributed by atoms with E-state index >= 15 is 0 Å². The van der Waals surface area contributed by atoms with Gasteiger partial charge in [-0.15, -0.1) is 0 Å². The summed E-state index contributed by atoms with van der Waals surface area (Å²) in [6, 6.07) is 9.79. The van der Waals surface area contributed by atoms with Gasteiger partial charge < -0.3 is 9.32 Å². The SMILES string of the molecule is CN(C)c1ccc(/C=N/Nc2ocnc2C#N)cc1. The molecule has 0 bridgehead atoms. The zero-order valence-electron chi connectivity index (χ0n) is 10.7. The summed E-state index contributed by atoms with van der Waals surface area (Å²) in [7, 11) is 3.97. The van der Waals surface area contributed by atoms with Gasteiger partial charge in [0.2, 0.25) is 5.69 Å². The molecule has 1 aromatic heterocycles. The number of anilines is 2. The van der Waals surface area contributed by atoms with Gasteiger partial charge in [-0.2, -0.15) is 10.4 Å². The van der Waals surface area contributed by atoms with E-state index in [1.54, 1.807) is 6.21 Å². The number of aromatic nitrogens is 1. The number of hydrazone groups is 1. The van der Waals surface area contributed by atoms with E-state index in [9.17, 15) is 0 Å². The molecule has 0 radical (unpaired) electrons. The molecular weight excluding hydrogens is 242 g/mol. The molecular formula is C13H13N5O. The summed E-state index contributed by atoms with van der Waals surface area (Å²) in [5, 5.41) is 12.7. The lowest BCUT2D eigenvalue weighted by Gasteiger charge is -2.11. The van der Waals surface area contributed by atoms with Gasteiger partial charge in [0.25, 0.3) is 5.88 Å². The molecule has 0 aliphatic carbocycles. The van der Waals surface area contributed by atoms with Crippen LogP contribution in [0.25, 0.3) is 0 Å². The van der Waals surface area contributed by atoms with Gasteiger partial charge >= 0.3 is 0 Å². The van der Waals surface area contributed by atoms with E-state index in [0.29, 0.717) is 0 Å². The van der Waals surface area contributed by atoms with Crippen molar-refractivity contribution in [1.29, 1.82) is 5.26 Å². The molecule has 0 saturated heterocycles. The number of nitrogens with one attached hydrogen (secondary N) is 1. The Kier molecular flexibility index (Phi) is 3.78. The van der Waals surface area contributed by atoms with E-state index < -0.39 is 0 Å². The Balaban J connectivity index is 2.01. The highest BCUT2D eigenvalue weighted by Gasteiger charge is 2.04. The number of nitriles is 1. The second kappa shape index (κ2) is 5.69. The van der Waals surface area contributed by atoms with E-state index in [-0.39, 0.29) is 11.6 Å². The van der Waals surface area contributed by atoms with Gasteiger partial charge in [0, 0.05) is 19.8 Å². The van der Waals surface area contributed by atoms with Crippen LogP contribution in [0.15, 0.2) is 40.2 Å². The molecule has 1 heterocycles. The number of benzene rings is 1. The van der Waals surface area contributed by atoms with Gasteiger partial charge in [-0.1, -0.05) is 12.1 Å². The van der Waals surface area contributed by atoms with Crippen molar-refractivity contribution >= 4 is 17.8 Å². The van der Waals surface area contributed by atoms with Gasteiger partial charge in [-0.25, -0.2) is 10.4 Å². The molecule has 96 valence electrons. The number of nitrogens with zero attached hydrogens (tertiary/aromatic N) is 4. The fraction of sp³-hybridized carbons (Fsp3) is 0.154. The van der Waals surface area contributed by atoms with Crippen LogP contribution in [0.5, 0.6) is 0 Å². The van der Waals surface area contributed by atoms with E-state index in [1.165, 1.54) is 6.39 Å². The maximum atomic E-state index is 8.74. The fourth-order valence-corrected chi connectivity index (χ4v) is 1.43. The zero-order valence-corrected chi connectivity index (χ0v) is 10.7. The van der Waals surface area contributed by atoms with Crippen LogP contribution in [0.1, 0.15) is 11.3 Å². The topological polar surface area (TPSA) is 77.4 Å². The number of rotatable bonds is 4. The Morgan fingerprint density at radius 2 is 2.11 bits per heavy atom. The Bertz CT molecular complexity index is 607. The number of hydrogen-bond acceptors (Lipinski definition) is 6. The summed E-state index contributed by atoms with van der Waals surface area (Å²) in [6.45, 7) is 0. The van der Waals surface area contributed by atoms with Crippen LogP contribution in [-0.2, 0) is 0 Å². The van der Waals surface area contributed by atoms with Crippen LogP contribution in [0, 0.1) is 11.3 Å². The molecule has 6 heteroatoms. The largest absolute Gasteiger partial charge is 0.425 e. The first-order valence-corrected chi connectivity index (χ1v) is 5.61. The zero-order chi connectivity index (χ0) is 13.7. The standard InChI is InChI=1S/C13H13N5O/c1-18(2)11-5-3-10(4-6-11)8-16-17-13-12(7-14)15-9-19-13/h3-6,8-9,17H,1-2H3/b16-8+. The normalized spacial score (nSPS) is 10.4. The Morgan fingerprint density at radius 1 is 1.37 bits per heavy atom. The molecule has 2 rings (SSSR count). The predicted octanol–water partition coefficient (Wildman–Crippen LogP) is 2.06. The van der Waals surface area contributed by atoms with Crippen molar-refractivity contribution in [3.05, 3.63) is 41.9 Å². The maximum absolute atomic E-state index is 8.74. The molecule has 0 amide bonds. The molecule has 6 nitrogen and oxygen atoms in total. The van der Waals surface area contributed by atoms with Crippen LogP contribution >= 0.6 is 0 Å². The minimum Gasteiger partial charge on any atom is -0.425 e. The summed E-state index contributed by atoms with van der Waals surface area (Å²) in [5.74, 6) is 0.240. The van der Waals surface area contributed by atoms with Crippen LogP contribution in [0.4, 0.5) is 11.6 Å². The quantitative estimate of drug-likeness (QED) is 0.668. The molecule has 1 N–H and O–H groups in total. The third-order valence-electron chi connectivity index (χ3n) is 2.46. The molecule has 0 fully saturated rings. The Hall–Kier alpha value is -2.81. The second-order valence-electron chi connectivity index (χ2n) is 4.00. The van der Waals surface area contributed by atoms with Crippen molar-refractivity contribution in [2.45, 2.75) is 0 Å². The van der Waals surface area contributed by atoms with Crippen LogP contribution in [-0.4, -0.2) is 25.3 Å². The van der Waals surface area contributed by atoms with Crippen molar-refractivity contribution in [2.24, 2.45) is 5.10 Å². The molecule has 0 unspecified atom stereocenters. The van der Waals surface area contributed by atoms with Crippen molar-refractivity contribution in [3.63, 3.8) is 0 Å². The van der Waals surface area contributed by atoms with E-state index in [0.717, 1.165) is 11.3 Å². The molecule has 0 aliphatic heterocycles. The van der Waals surface area contributed by atoms with Gasteiger partial charge in [0.05, 0.1) is 6.21 Å². The van der Waals surface area contributed by atoms with Crippen molar-refractivity contribution in [3.8, 4) is 6.07 Å². The summed E-state index contributed by atoms with van der Waals surface area (Å²) < 4.78 is 4.98. The summed E-state index contributed by atoms with van der Waals surface area (Å²) in [4.78, 5) is 5.74. The first-order chi connectivity index (χ1) is 9.20. The number of oxazole rings is 1. The molecule has 19 heavy (non-hydrogen) atoms. The van der Waals surface area contributed by atoms with Crippen molar-refractivity contribution in [2.75, 3.05) is 24.4 Å². The third kappa shape index (κ3) is 3.10.